The van der Waals surface area contributed by atoms with Crippen molar-refractivity contribution in [3.8, 4) is 0 Å². The molecule has 8 atom stereocenters. The maximum Gasteiger partial charge on any atom is 0.407 e. The molecule has 0 saturated heterocycles. The van der Waals surface area contributed by atoms with E-state index in [9.17, 15) is 9.59 Å². The molecule has 4 nitrogen and oxygen atoms in total. The first-order valence-corrected chi connectivity index (χ1v) is 15.3. The second-order valence-corrected chi connectivity index (χ2v) is 13.8. The van der Waals surface area contributed by atoms with Crippen LogP contribution in [0.5, 0.6) is 0 Å². The smallest absolute Gasteiger partial charge is 0.407 e. The van der Waals surface area contributed by atoms with Crippen LogP contribution < -0.4 is 5.32 Å². The molecule has 0 bridgehead atoms. The van der Waals surface area contributed by atoms with Crippen LogP contribution in [0.25, 0.3) is 0 Å². The molecule has 4 heteroatoms. The zero-order valence-electron chi connectivity index (χ0n) is 23.8. The van der Waals surface area contributed by atoms with E-state index in [0.29, 0.717) is 24.8 Å². The molecule has 0 aromatic rings. The molecule has 6 unspecified atom stereocenters. The summed E-state index contributed by atoms with van der Waals surface area (Å²) in [5, 5.41) is 2.81. The fourth-order valence-corrected chi connectivity index (χ4v) is 9.32. The summed E-state index contributed by atoms with van der Waals surface area (Å²) in [5.41, 5.74) is 2.38. The quantitative estimate of drug-likeness (QED) is 0.188. The summed E-state index contributed by atoms with van der Waals surface area (Å²) in [6.45, 7) is 13.0. The fourth-order valence-electron chi connectivity index (χ4n) is 9.32. The molecule has 0 radical (unpaired) electrons. The topological polar surface area (TPSA) is 55.4 Å². The molecule has 4 aliphatic carbocycles. The van der Waals surface area contributed by atoms with Gasteiger partial charge in [0.25, 0.3) is 0 Å². The van der Waals surface area contributed by atoms with Gasteiger partial charge in [0.05, 0.1) is 0 Å². The molecule has 0 spiro atoms. The Morgan fingerprint density at radius 1 is 1.08 bits per heavy atom. The number of unbranched alkanes of at least 4 members (excludes halogenated alkanes) is 1. The number of fused-ring (bicyclic) bond motifs is 5. The number of ether oxygens (including phenoxy) is 1. The minimum atomic E-state index is -0.322. The first-order chi connectivity index (χ1) is 17.2. The van der Waals surface area contributed by atoms with Crippen LogP contribution in [0.15, 0.2) is 11.6 Å². The third-order valence-corrected chi connectivity index (χ3v) is 11.3. The lowest BCUT2D eigenvalue weighted by Crippen LogP contribution is -2.51. The average molecular weight is 500 g/mol. The van der Waals surface area contributed by atoms with Gasteiger partial charge in [0.1, 0.15) is 12.4 Å². The summed E-state index contributed by atoms with van der Waals surface area (Å²) in [4.78, 5) is 22.7. The van der Waals surface area contributed by atoms with Crippen molar-refractivity contribution in [3.05, 3.63) is 11.6 Å². The van der Waals surface area contributed by atoms with Crippen molar-refractivity contribution in [2.75, 3.05) is 6.54 Å². The summed E-state index contributed by atoms with van der Waals surface area (Å²) in [6, 6.07) is 0. The summed E-state index contributed by atoms with van der Waals surface area (Å²) < 4.78 is 5.80. The number of carbonyl (C=O) groups excluding carboxylic acids is 2. The number of amides is 1. The number of nitrogens with one attached hydrogen (secondary N) is 1. The molecule has 1 amide bonds. The monoisotopic (exact) mass is 499 g/mol. The number of carbonyl (C=O) groups is 2. The third-order valence-electron chi connectivity index (χ3n) is 11.3. The van der Waals surface area contributed by atoms with Gasteiger partial charge < -0.3 is 14.8 Å². The van der Waals surface area contributed by atoms with Crippen molar-refractivity contribution >= 4 is 12.4 Å². The first kappa shape index (κ1) is 27.7. The lowest BCUT2D eigenvalue weighted by atomic mass is 9.47. The van der Waals surface area contributed by atoms with Crippen LogP contribution in [0.4, 0.5) is 4.79 Å². The number of aldehydes is 1. The Labute approximate surface area is 220 Å². The third kappa shape index (κ3) is 5.58. The largest absolute Gasteiger partial charge is 0.446 e. The summed E-state index contributed by atoms with van der Waals surface area (Å²) in [5.74, 6) is 5.11. The van der Waals surface area contributed by atoms with Gasteiger partial charge in [0.15, 0.2) is 0 Å². The van der Waals surface area contributed by atoms with Gasteiger partial charge >= 0.3 is 6.09 Å². The lowest BCUT2D eigenvalue weighted by molar-refractivity contribution is -0.107. The Morgan fingerprint density at radius 3 is 2.64 bits per heavy atom. The highest BCUT2D eigenvalue weighted by Crippen LogP contribution is 2.67. The van der Waals surface area contributed by atoms with Gasteiger partial charge in [-0.1, -0.05) is 65.5 Å². The summed E-state index contributed by atoms with van der Waals surface area (Å²) in [6.07, 6.45) is 18.4. The van der Waals surface area contributed by atoms with Gasteiger partial charge in [-0.05, 0) is 97.7 Å². The van der Waals surface area contributed by atoms with Gasteiger partial charge in [-0.25, -0.2) is 4.79 Å². The van der Waals surface area contributed by atoms with Crippen molar-refractivity contribution < 1.29 is 14.3 Å². The molecule has 36 heavy (non-hydrogen) atoms. The standard InChI is InChI=1S/C32H53NO3/c1-22(2)9-8-10-23(3)27-13-14-28-26-12-11-24-21-25(36-30(35)33-19-6-7-20-34)15-17-31(24,4)29(26)16-18-32(27,28)5/h11,20,22-23,25-29H,6-10,12-19,21H2,1-5H3,(H,33,35)/t23?,25?,26?,27?,28?,29?,31-,32+/m0/s1. The highest BCUT2D eigenvalue weighted by Gasteiger charge is 2.59. The Bertz CT molecular complexity index is 805. The zero-order valence-corrected chi connectivity index (χ0v) is 23.8. The van der Waals surface area contributed by atoms with E-state index < -0.39 is 0 Å². The van der Waals surface area contributed by atoms with Crippen LogP contribution in [-0.2, 0) is 9.53 Å². The molecular formula is C32H53NO3. The molecule has 1 N–H and O–H groups in total. The van der Waals surface area contributed by atoms with Crippen molar-refractivity contribution in [2.24, 2.45) is 46.3 Å². The van der Waals surface area contributed by atoms with Crippen LogP contribution in [-0.4, -0.2) is 25.0 Å². The maximum absolute atomic E-state index is 12.2. The normalized spacial score (nSPS) is 38.4. The van der Waals surface area contributed by atoms with E-state index in [0.717, 1.165) is 61.1 Å². The Hall–Kier alpha value is -1.32. The minimum Gasteiger partial charge on any atom is -0.446 e. The first-order valence-electron chi connectivity index (χ1n) is 15.3. The number of allylic oxidation sites excluding steroid dienone is 1. The van der Waals surface area contributed by atoms with E-state index in [2.05, 4.69) is 46.0 Å². The summed E-state index contributed by atoms with van der Waals surface area (Å²) in [7, 11) is 0. The zero-order chi connectivity index (χ0) is 25.9. The number of hydrogen-bond acceptors (Lipinski definition) is 3. The highest BCUT2D eigenvalue weighted by atomic mass is 16.6. The van der Waals surface area contributed by atoms with E-state index in [1.165, 1.54) is 51.4 Å². The van der Waals surface area contributed by atoms with E-state index in [-0.39, 0.29) is 17.6 Å². The van der Waals surface area contributed by atoms with E-state index in [4.69, 9.17) is 4.74 Å². The van der Waals surface area contributed by atoms with Gasteiger partial charge in [0.2, 0.25) is 0 Å². The van der Waals surface area contributed by atoms with E-state index in [1.807, 2.05) is 0 Å². The van der Waals surface area contributed by atoms with Crippen LogP contribution in [0.3, 0.4) is 0 Å². The molecule has 0 aliphatic heterocycles. The molecular weight excluding hydrogens is 446 g/mol. The number of rotatable bonds is 10. The number of hydrogen-bond donors (Lipinski definition) is 1. The van der Waals surface area contributed by atoms with Crippen LogP contribution in [0.2, 0.25) is 0 Å². The summed E-state index contributed by atoms with van der Waals surface area (Å²) >= 11 is 0. The van der Waals surface area contributed by atoms with Gasteiger partial charge in [-0.2, -0.15) is 0 Å². The predicted octanol–water partition coefficient (Wildman–Crippen LogP) is 8.10. The van der Waals surface area contributed by atoms with Gasteiger partial charge in [-0.15, -0.1) is 0 Å². The predicted molar refractivity (Wildman–Crippen MR) is 147 cm³/mol. The second kappa shape index (κ2) is 11.6. The van der Waals surface area contributed by atoms with Crippen molar-refractivity contribution in [3.63, 3.8) is 0 Å². The molecule has 3 fully saturated rings. The Morgan fingerprint density at radius 2 is 1.89 bits per heavy atom. The average Bonchev–Trinajstić information content (AvgIpc) is 3.19. The maximum atomic E-state index is 12.2. The van der Waals surface area contributed by atoms with Crippen molar-refractivity contribution in [2.45, 2.75) is 124 Å². The fraction of sp³-hybridized carbons (Fsp3) is 0.875. The van der Waals surface area contributed by atoms with Crippen LogP contribution in [0.1, 0.15) is 118 Å². The molecule has 3 saturated carbocycles. The van der Waals surface area contributed by atoms with Crippen molar-refractivity contribution in [1.29, 1.82) is 0 Å². The van der Waals surface area contributed by atoms with Crippen LogP contribution >= 0.6 is 0 Å². The van der Waals surface area contributed by atoms with Gasteiger partial charge in [-0.3, -0.25) is 0 Å². The molecule has 0 aromatic heterocycles. The van der Waals surface area contributed by atoms with E-state index in [1.54, 1.807) is 5.57 Å². The molecule has 0 heterocycles. The number of alkyl carbamates (subject to hydrolysis) is 1. The van der Waals surface area contributed by atoms with Gasteiger partial charge in [0, 0.05) is 19.4 Å². The van der Waals surface area contributed by atoms with E-state index >= 15 is 0 Å². The lowest BCUT2D eigenvalue weighted by Gasteiger charge is -2.58. The molecule has 0 aromatic carbocycles. The molecule has 4 rings (SSSR count). The minimum absolute atomic E-state index is 0.0108. The second-order valence-electron chi connectivity index (χ2n) is 13.8. The van der Waals surface area contributed by atoms with Crippen molar-refractivity contribution in [1.82, 2.24) is 5.32 Å². The Kier molecular flexibility index (Phi) is 8.93. The van der Waals surface area contributed by atoms with Crippen LogP contribution in [0, 0.1) is 46.3 Å². The highest BCUT2D eigenvalue weighted by molar-refractivity contribution is 5.67. The molecule has 4 aliphatic rings. The Balaban J connectivity index is 1.37. The molecule has 204 valence electrons. The SMILES string of the molecule is CC(C)CCCC(C)C1CCC2C3CC=C4CC(OC(=O)NCCCC=O)CC[C@]4(C)C3CC[C@]12C.